The van der Waals surface area contributed by atoms with Gasteiger partial charge in [-0.2, -0.15) is 0 Å². The summed E-state index contributed by atoms with van der Waals surface area (Å²) in [5, 5.41) is 21.2. The molecule has 0 aliphatic carbocycles. The van der Waals surface area contributed by atoms with Crippen molar-refractivity contribution in [2.75, 3.05) is 5.75 Å². The van der Waals surface area contributed by atoms with Gasteiger partial charge < -0.3 is 15.5 Å². The van der Waals surface area contributed by atoms with Gasteiger partial charge in [0.05, 0.1) is 12.3 Å². The first kappa shape index (κ1) is 18.6. The van der Waals surface area contributed by atoms with E-state index in [4.69, 9.17) is 11.6 Å². The number of thioether (sulfide) groups is 1. The smallest absolute Gasteiger partial charge is 0.352 e. The van der Waals surface area contributed by atoms with Gasteiger partial charge in [-0.1, -0.05) is 12.1 Å². The van der Waals surface area contributed by atoms with Crippen LogP contribution in [-0.2, 0) is 26.7 Å². The van der Waals surface area contributed by atoms with Crippen LogP contribution in [0.2, 0.25) is 0 Å². The highest BCUT2D eigenvalue weighted by Crippen LogP contribution is 2.40. The van der Waals surface area contributed by atoms with Crippen LogP contribution in [0.5, 0.6) is 5.75 Å². The molecular weight excluding hydrogens is 380 g/mol. The van der Waals surface area contributed by atoms with Crippen molar-refractivity contribution in [2.45, 2.75) is 30.6 Å². The van der Waals surface area contributed by atoms with Crippen LogP contribution in [-0.4, -0.2) is 50.1 Å². The second-order valence-corrected chi connectivity index (χ2v) is 7.53. The number of halogens is 1. The molecule has 26 heavy (non-hydrogen) atoms. The van der Waals surface area contributed by atoms with Gasteiger partial charge in [-0.15, -0.1) is 23.4 Å². The molecule has 2 atom stereocenters. The summed E-state index contributed by atoms with van der Waals surface area (Å²) in [5.74, 6) is -1.21. The minimum atomic E-state index is -1.14. The number of phenolic OH excluding ortho intramolecular Hbond substituents is 1. The molecule has 1 fully saturated rings. The second-order valence-electron chi connectivity index (χ2n) is 6.16. The Kier molecular flexibility index (Phi) is 5.15. The quantitative estimate of drug-likeness (QED) is 0.513. The van der Waals surface area contributed by atoms with Crippen molar-refractivity contribution in [1.29, 1.82) is 0 Å². The standard InChI is InChI=1S/C17H17ClN2O5S/c1-8-7-26-16-13(15(23)20(16)14(8)17(24)25)19-12(22)5-9-2-3-11(21)10(4-9)6-18/h2-4,13,16,21H,5-7H2,1H3,(H,19,22)(H,24,25). The fourth-order valence-electron chi connectivity index (χ4n) is 3.04. The van der Waals surface area contributed by atoms with E-state index >= 15 is 0 Å². The molecule has 2 amide bonds. The summed E-state index contributed by atoms with van der Waals surface area (Å²) in [6, 6.07) is 3.99. The Morgan fingerprint density at radius 2 is 2.15 bits per heavy atom. The van der Waals surface area contributed by atoms with Gasteiger partial charge in [0.15, 0.2) is 0 Å². The second kappa shape index (κ2) is 7.20. The van der Waals surface area contributed by atoms with Crippen molar-refractivity contribution in [3.63, 3.8) is 0 Å². The average Bonchev–Trinajstić information content (AvgIpc) is 2.60. The number of hydrogen-bond acceptors (Lipinski definition) is 5. The van der Waals surface area contributed by atoms with Gasteiger partial charge >= 0.3 is 5.97 Å². The van der Waals surface area contributed by atoms with Crippen molar-refractivity contribution in [1.82, 2.24) is 10.2 Å². The van der Waals surface area contributed by atoms with E-state index in [9.17, 15) is 24.6 Å². The number of carbonyl (C=O) groups excluding carboxylic acids is 2. The number of aliphatic carboxylic acids is 1. The Morgan fingerprint density at radius 1 is 1.42 bits per heavy atom. The van der Waals surface area contributed by atoms with Gasteiger partial charge in [0.25, 0.3) is 5.91 Å². The SMILES string of the molecule is CC1=C(C(=O)O)N2C(=O)C(NC(=O)Cc3ccc(O)c(CCl)c3)C2SC1. The number of amides is 2. The zero-order chi connectivity index (χ0) is 19.0. The summed E-state index contributed by atoms with van der Waals surface area (Å²) >= 11 is 7.17. The van der Waals surface area contributed by atoms with Crippen LogP contribution >= 0.6 is 23.4 Å². The summed E-state index contributed by atoms with van der Waals surface area (Å²) < 4.78 is 0. The third kappa shape index (κ3) is 3.26. The van der Waals surface area contributed by atoms with Crippen LogP contribution in [0.1, 0.15) is 18.1 Å². The lowest BCUT2D eigenvalue weighted by atomic mass is 10.0. The number of nitrogens with one attached hydrogen (secondary N) is 1. The molecule has 1 aromatic carbocycles. The molecule has 0 bridgehead atoms. The lowest BCUT2D eigenvalue weighted by molar-refractivity contribution is -0.150. The number of aromatic hydroxyl groups is 1. The van der Waals surface area contributed by atoms with Gasteiger partial charge in [0, 0.05) is 11.3 Å². The van der Waals surface area contributed by atoms with Crippen molar-refractivity contribution >= 4 is 41.1 Å². The van der Waals surface area contributed by atoms with E-state index in [0.29, 0.717) is 22.5 Å². The molecule has 2 aliphatic heterocycles. The highest BCUT2D eigenvalue weighted by atomic mass is 35.5. The summed E-state index contributed by atoms with van der Waals surface area (Å²) in [7, 11) is 0. The third-order valence-corrected chi connectivity index (χ3v) is 6.04. The van der Waals surface area contributed by atoms with Crippen molar-refractivity contribution in [3.05, 3.63) is 40.6 Å². The number of carbonyl (C=O) groups is 3. The maximum Gasteiger partial charge on any atom is 0.352 e. The maximum absolute atomic E-state index is 12.3. The molecule has 9 heteroatoms. The third-order valence-electron chi connectivity index (χ3n) is 4.33. The van der Waals surface area contributed by atoms with Gasteiger partial charge in [-0.05, 0) is 24.1 Å². The predicted molar refractivity (Wildman–Crippen MR) is 96.7 cm³/mol. The first-order valence-electron chi connectivity index (χ1n) is 7.87. The van der Waals surface area contributed by atoms with E-state index < -0.39 is 23.3 Å². The lowest BCUT2D eigenvalue weighted by Gasteiger charge is -2.49. The zero-order valence-electron chi connectivity index (χ0n) is 13.9. The van der Waals surface area contributed by atoms with Gasteiger partial charge in [0.1, 0.15) is 22.9 Å². The van der Waals surface area contributed by atoms with Gasteiger partial charge in [-0.25, -0.2) is 4.79 Å². The number of β-lactam (4-membered cyclic amide) rings is 1. The van der Waals surface area contributed by atoms with E-state index in [2.05, 4.69) is 5.32 Å². The molecule has 0 aromatic heterocycles. The predicted octanol–water partition coefficient (Wildman–Crippen LogP) is 1.43. The highest BCUT2D eigenvalue weighted by Gasteiger charge is 2.53. The molecule has 1 aromatic rings. The van der Waals surface area contributed by atoms with Gasteiger partial charge in [0.2, 0.25) is 5.91 Å². The van der Waals surface area contributed by atoms with Crippen molar-refractivity contribution in [3.8, 4) is 5.75 Å². The largest absolute Gasteiger partial charge is 0.508 e. The van der Waals surface area contributed by atoms with Crippen LogP contribution in [0.4, 0.5) is 0 Å². The van der Waals surface area contributed by atoms with Crippen LogP contribution in [0, 0.1) is 0 Å². The van der Waals surface area contributed by atoms with Crippen LogP contribution in [0.3, 0.4) is 0 Å². The number of benzene rings is 1. The molecule has 138 valence electrons. The molecule has 2 heterocycles. The lowest BCUT2D eigenvalue weighted by Crippen LogP contribution is -2.70. The van der Waals surface area contributed by atoms with Crippen molar-refractivity contribution < 1.29 is 24.6 Å². The number of phenols is 1. The molecule has 0 spiro atoms. The monoisotopic (exact) mass is 396 g/mol. The number of rotatable bonds is 5. The topological polar surface area (TPSA) is 107 Å². The molecule has 3 N–H and O–H groups in total. The first-order valence-corrected chi connectivity index (χ1v) is 9.45. The number of fused-ring (bicyclic) bond motifs is 1. The minimum Gasteiger partial charge on any atom is -0.508 e. The normalized spacial score (nSPS) is 21.9. The fourth-order valence-corrected chi connectivity index (χ4v) is 4.55. The minimum absolute atomic E-state index is 0.00883. The van der Waals surface area contributed by atoms with Crippen molar-refractivity contribution in [2.24, 2.45) is 0 Å². The Bertz CT molecular complexity index is 825. The summed E-state index contributed by atoms with van der Waals surface area (Å²) in [6.07, 6.45) is 0.0337. The average molecular weight is 397 g/mol. The molecule has 2 unspecified atom stereocenters. The number of carboxylic acid groups (broad SMARTS) is 1. The number of alkyl halides is 1. The van der Waals surface area contributed by atoms with E-state index in [1.54, 1.807) is 19.1 Å². The summed E-state index contributed by atoms with van der Waals surface area (Å²) in [6.45, 7) is 1.69. The Labute approximate surface area is 159 Å². The Balaban J connectivity index is 1.67. The molecule has 2 aliphatic rings. The molecule has 1 saturated heterocycles. The van der Waals surface area contributed by atoms with Crippen LogP contribution in [0.25, 0.3) is 0 Å². The number of nitrogens with zero attached hydrogens (tertiary/aromatic N) is 1. The number of carboxylic acids is 1. The highest BCUT2D eigenvalue weighted by molar-refractivity contribution is 8.00. The molecular formula is C17H17ClN2O5S. The summed E-state index contributed by atoms with van der Waals surface area (Å²) in [4.78, 5) is 37.2. The Morgan fingerprint density at radius 3 is 2.81 bits per heavy atom. The maximum atomic E-state index is 12.3. The van der Waals surface area contributed by atoms with E-state index in [0.717, 1.165) is 0 Å². The van der Waals surface area contributed by atoms with Gasteiger partial charge in [-0.3, -0.25) is 14.5 Å². The molecule has 0 saturated carbocycles. The fraction of sp³-hybridized carbons (Fsp3) is 0.353. The molecule has 0 radical (unpaired) electrons. The first-order chi connectivity index (χ1) is 12.3. The summed E-state index contributed by atoms with van der Waals surface area (Å²) in [5.41, 5.74) is 1.83. The Hall–Kier alpha value is -2.19. The van der Waals surface area contributed by atoms with E-state index in [1.807, 2.05) is 0 Å². The molecule has 7 nitrogen and oxygen atoms in total. The van der Waals surface area contributed by atoms with E-state index in [1.165, 1.54) is 22.7 Å². The van der Waals surface area contributed by atoms with Crippen LogP contribution < -0.4 is 5.32 Å². The van der Waals surface area contributed by atoms with Crippen LogP contribution in [0.15, 0.2) is 29.5 Å². The van der Waals surface area contributed by atoms with E-state index in [-0.39, 0.29) is 29.7 Å². The number of hydrogen-bond donors (Lipinski definition) is 3. The zero-order valence-corrected chi connectivity index (χ0v) is 15.4. The molecule has 3 rings (SSSR count).